The summed E-state index contributed by atoms with van der Waals surface area (Å²) >= 11 is 1.39. The molecule has 0 radical (unpaired) electrons. The van der Waals surface area contributed by atoms with Crippen molar-refractivity contribution in [3.8, 4) is 11.3 Å². The van der Waals surface area contributed by atoms with Gasteiger partial charge >= 0.3 is 11.9 Å². The molecule has 0 spiro atoms. The smallest absolute Gasteiger partial charge is 0.320 e. The Balaban J connectivity index is 1.47. The number of esters is 2. The first kappa shape index (κ1) is 44.9. The Bertz CT molecular complexity index is 1730. The number of carbonyl (C=O) groups is 4. The first-order valence-corrected chi connectivity index (χ1v) is 21.2. The summed E-state index contributed by atoms with van der Waals surface area (Å²) in [5.41, 5.74) is -0.962. The zero-order valence-electron chi connectivity index (χ0n) is 35.2. The third-order valence-corrected chi connectivity index (χ3v) is 13.8. The molecule has 15 heteroatoms. The molecule has 3 aliphatic rings. The van der Waals surface area contributed by atoms with Gasteiger partial charge in [-0.2, -0.15) is 5.10 Å². The highest BCUT2D eigenvalue weighted by Crippen LogP contribution is 2.49. The number of carbonyl (C=O) groups excluding carboxylic acids is 4. The fourth-order valence-corrected chi connectivity index (χ4v) is 10.6. The summed E-state index contributed by atoms with van der Waals surface area (Å²) in [6.07, 6.45) is 1.89. The van der Waals surface area contributed by atoms with Crippen molar-refractivity contribution < 1.29 is 48.0 Å². The first-order chi connectivity index (χ1) is 26.9. The second-order valence-corrected chi connectivity index (χ2v) is 18.1. The minimum atomic E-state index is -1.37. The molecule has 0 saturated carbocycles. The van der Waals surface area contributed by atoms with E-state index in [0.717, 1.165) is 11.3 Å². The van der Waals surface area contributed by atoms with Gasteiger partial charge in [0, 0.05) is 73.3 Å². The molecule has 5 rings (SSSR count). The highest BCUT2D eigenvalue weighted by molar-refractivity contribution is 8.00. The SMILES string of the molecule is CC[C@H]1OC(=O)[C@H](C)C(=O)[C@H](C)[C@@H](O[C@@H]2O[C@H](C)C[C@H](N(C)C)[C@H]2O)[C@](C)(OC)C[C@@H](C)C(=O)C(C)C2C(SCCn3ccc(-c4cccnc4)n3)C(=O)O[C@@]21C. The second kappa shape index (κ2) is 18.4. The Hall–Kier alpha value is -3.21. The standard InChI is InChI=1S/C42H62N4O10S/c1-12-31-42(8)32(36(39(51)56-42)57-19-18-46-17-15-29(44-46)28-14-13-16-43-22-28)25(4)33(47)23(2)21-41(7,52-11)37(26(5)34(48)27(6)38(50)54-31)55-40-35(49)30(45(9)10)20-24(3)53-40/h13-17,22-27,30-32,35-37,40,49H,12,18-21H2,1-11H3/t23-,24-,25?,26+,27-,30+,31-,32?,35-,36?,37-,40+,41-,42-/m1/s1. The van der Waals surface area contributed by atoms with Crippen LogP contribution in [0.15, 0.2) is 36.8 Å². The van der Waals surface area contributed by atoms with Crippen molar-refractivity contribution in [3.05, 3.63) is 36.8 Å². The maximum atomic E-state index is 14.7. The molecular weight excluding hydrogens is 753 g/mol. The van der Waals surface area contributed by atoms with E-state index in [9.17, 15) is 24.3 Å². The van der Waals surface area contributed by atoms with Gasteiger partial charge in [-0.15, -0.1) is 11.8 Å². The zero-order valence-corrected chi connectivity index (χ0v) is 36.1. The maximum absolute atomic E-state index is 14.7. The Morgan fingerprint density at radius 2 is 1.75 bits per heavy atom. The summed E-state index contributed by atoms with van der Waals surface area (Å²) in [5.74, 6) is -5.57. The van der Waals surface area contributed by atoms with Crippen LogP contribution in [0.3, 0.4) is 0 Å². The van der Waals surface area contributed by atoms with E-state index < -0.39 is 88.4 Å². The molecule has 3 unspecified atom stereocenters. The highest BCUT2D eigenvalue weighted by atomic mass is 32.2. The molecule has 3 fully saturated rings. The van der Waals surface area contributed by atoms with Crippen LogP contribution in [0, 0.1) is 29.6 Å². The number of rotatable bonds is 10. The lowest BCUT2D eigenvalue weighted by molar-refractivity contribution is -0.295. The molecule has 14 nitrogen and oxygen atoms in total. The molecule has 3 aliphatic heterocycles. The molecule has 1 N–H and O–H groups in total. The van der Waals surface area contributed by atoms with Crippen molar-refractivity contribution in [1.82, 2.24) is 19.7 Å². The van der Waals surface area contributed by atoms with Crippen LogP contribution in [0.4, 0.5) is 0 Å². The van der Waals surface area contributed by atoms with Gasteiger partial charge in [-0.1, -0.05) is 27.7 Å². The average molecular weight is 815 g/mol. The maximum Gasteiger partial charge on any atom is 0.320 e. The van der Waals surface area contributed by atoms with Crippen molar-refractivity contribution in [1.29, 1.82) is 0 Å². The summed E-state index contributed by atoms with van der Waals surface area (Å²) < 4.78 is 33.1. The van der Waals surface area contributed by atoms with Gasteiger partial charge in [0.2, 0.25) is 0 Å². The average Bonchev–Trinajstić information content (AvgIpc) is 3.76. The number of nitrogens with zero attached hydrogens (tertiary/aromatic N) is 4. The summed E-state index contributed by atoms with van der Waals surface area (Å²) in [4.78, 5) is 63.0. The molecule has 316 valence electrons. The molecule has 57 heavy (non-hydrogen) atoms. The van der Waals surface area contributed by atoms with E-state index in [1.165, 1.54) is 25.8 Å². The zero-order chi connectivity index (χ0) is 42.0. The quantitative estimate of drug-likeness (QED) is 0.261. The number of aryl methyl sites for hydroxylation is 1. The lowest BCUT2D eigenvalue weighted by atomic mass is 9.70. The number of hydrogen-bond acceptors (Lipinski definition) is 14. The first-order valence-electron chi connectivity index (χ1n) is 20.1. The fourth-order valence-electron chi connectivity index (χ4n) is 9.18. The van der Waals surface area contributed by atoms with E-state index >= 15 is 0 Å². The lowest BCUT2D eigenvalue weighted by Gasteiger charge is -2.47. The molecule has 0 aliphatic carbocycles. The van der Waals surface area contributed by atoms with E-state index in [2.05, 4.69) is 10.1 Å². The number of hydrogen-bond donors (Lipinski definition) is 1. The van der Waals surface area contributed by atoms with Crippen LogP contribution in [0.25, 0.3) is 11.3 Å². The molecule has 0 aromatic carbocycles. The third kappa shape index (κ3) is 9.33. The lowest BCUT2D eigenvalue weighted by Crippen LogP contribution is -2.59. The van der Waals surface area contributed by atoms with Crippen molar-refractivity contribution >= 4 is 35.3 Å². The van der Waals surface area contributed by atoms with Crippen LogP contribution >= 0.6 is 11.8 Å². The second-order valence-electron chi connectivity index (χ2n) is 16.8. The number of aliphatic hydroxyl groups is 1. The summed E-state index contributed by atoms with van der Waals surface area (Å²) in [7, 11) is 5.24. The van der Waals surface area contributed by atoms with Crippen LogP contribution in [-0.2, 0) is 49.4 Å². The normalized spacial score (nSPS) is 38.4. The fraction of sp³-hybridized carbons (Fsp3) is 0.714. The number of cyclic esters (lactones) is 1. The molecule has 3 saturated heterocycles. The third-order valence-electron chi connectivity index (χ3n) is 12.5. The predicted octanol–water partition coefficient (Wildman–Crippen LogP) is 4.60. The van der Waals surface area contributed by atoms with Crippen LogP contribution < -0.4 is 0 Å². The Labute approximate surface area is 341 Å². The van der Waals surface area contributed by atoms with Crippen molar-refractivity contribution in [3.63, 3.8) is 0 Å². The topological polar surface area (TPSA) is 169 Å². The Kier molecular flexibility index (Phi) is 14.5. The molecule has 5 heterocycles. The summed E-state index contributed by atoms with van der Waals surface area (Å²) in [5, 5.41) is 15.4. The number of methoxy groups -OCH3 is 1. The monoisotopic (exact) mass is 814 g/mol. The molecule has 14 atom stereocenters. The van der Waals surface area contributed by atoms with Gasteiger partial charge in [0.05, 0.1) is 23.5 Å². The predicted molar refractivity (Wildman–Crippen MR) is 214 cm³/mol. The van der Waals surface area contributed by atoms with E-state index in [0.29, 0.717) is 18.7 Å². The molecule has 2 aromatic rings. The van der Waals surface area contributed by atoms with Gasteiger partial charge in [0.15, 0.2) is 17.7 Å². The van der Waals surface area contributed by atoms with Crippen LogP contribution in [-0.4, -0.2) is 128 Å². The van der Waals surface area contributed by atoms with E-state index in [1.54, 1.807) is 37.8 Å². The van der Waals surface area contributed by atoms with Crippen molar-refractivity contribution in [2.45, 2.75) is 134 Å². The summed E-state index contributed by atoms with van der Waals surface area (Å²) in [6.45, 7) is 14.5. The van der Waals surface area contributed by atoms with Gasteiger partial charge < -0.3 is 33.7 Å². The number of fused-ring (bicyclic) bond motifs is 1. The highest BCUT2D eigenvalue weighted by Gasteiger charge is 2.61. The number of ketones is 2. The van der Waals surface area contributed by atoms with Crippen molar-refractivity contribution in [2.75, 3.05) is 27.0 Å². The van der Waals surface area contributed by atoms with E-state index in [4.69, 9.17) is 23.7 Å². The molecule has 0 bridgehead atoms. The number of pyridine rings is 1. The number of Topliss-reactive ketones (excluding diaryl/α,β-unsaturated/α-hetero) is 2. The van der Waals surface area contributed by atoms with Crippen LogP contribution in [0.5, 0.6) is 0 Å². The van der Waals surface area contributed by atoms with Crippen LogP contribution in [0.2, 0.25) is 0 Å². The number of aliphatic hydroxyl groups excluding tert-OH is 1. The summed E-state index contributed by atoms with van der Waals surface area (Å²) in [6, 6.07) is 5.41. The van der Waals surface area contributed by atoms with Gasteiger partial charge in [-0.05, 0) is 79.3 Å². The minimum absolute atomic E-state index is 0.133. The van der Waals surface area contributed by atoms with Crippen LogP contribution in [0.1, 0.15) is 74.7 Å². The number of aromatic nitrogens is 3. The van der Waals surface area contributed by atoms with Crippen molar-refractivity contribution in [2.24, 2.45) is 29.6 Å². The van der Waals surface area contributed by atoms with E-state index in [1.807, 2.05) is 71.1 Å². The van der Waals surface area contributed by atoms with Gasteiger partial charge in [0.25, 0.3) is 0 Å². The Morgan fingerprint density at radius 1 is 1.04 bits per heavy atom. The number of thioether (sulfide) groups is 1. The molecule has 2 aromatic heterocycles. The number of likely N-dealkylation sites (N-methyl/N-ethyl adjacent to an activating group) is 1. The number of ether oxygens (including phenoxy) is 5. The van der Waals surface area contributed by atoms with Gasteiger partial charge in [-0.25, -0.2) is 0 Å². The minimum Gasteiger partial charge on any atom is -0.458 e. The Morgan fingerprint density at radius 3 is 2.39 bits per heavy atom. The van der Waals surface area contributed by atoms with Gasteiger partial charge in [0.1, 0.15) is 29.2 Å². The largest absolute Gasteiger partial charge is 0.458 e. The van der Waals surface area contributed by atoms with E-state index in [-0.39, 0.29) is 30.8 Å². The molecular formula is C42H62N4O10S. The van der Waals surface area contributed by atoms with Gasteiger partial charge in [-0.3, -0.25) is 28.8 Å². The molecule has 0 amide bonds.